The molecule has 0 saturated carbocycles. The number of hydrogen-bond acceptors (Lipinski definition) is 2. The van der Waals surface area contributed by atoms with Gasteiger partial charge >= 0.3 is 0 Å². The summed E-state index contributed by atoms with van der Waals surface area (Å²) in [6.45, 7) is 0. The van der Waals surface area contributed by atoms with Crippen LogP contribution in [0.15, 0.2) is 30.5 Å². The number of hydrogen-bond donors (Lipinski definition) is 2. The second-order valence-corrected chi connectivity index (χ2v) is 3.29. The summed E-state index contributed by atoms with van der Waals surface area (Å²) in [5.41, 5.74) is 7.94. The van der Waals surface area contributed by atoms with Crippen LogP contribution in [0.5, 0.6) is 0 Å². The molecular weight excluding hydrogens is 174 g/mol. The standard InChI is InChI=1S/C11H11N3/c12-5-3-10(13)8-1-2-11-9(7-8)4-6-14-11/h1-2,4,6-7,10,14H,3,13H2/t10-/m0/s1. The Hall–Kier alpha value is -1.79. The van der Waals surface area contributed by atoms with Crippen LogP contribution in [0.2, 0.25) is 0 Å². The number of fused-ring (bicyclic) bond motifs is 1. The van der Waals surface area contributed by atoms with E-state index in [1.165, 1.54) is 0 Å². The van der Waals surface area contributed by atoms with Crippen molar-refractivity contribution in [1.29, 1.82) is 5.26 Å². The van der Waals surface area contributed by atoms with Crippen LogP contribution in [-0.2, 0) is 0 Å². The van der Waals surface area contributed by atoms with Crippen molar-refractivity contribution in [2.24, 2.45) is 5.73 Å². The van der Waals surface area contributed by atoms with Crippen molar-refractivity contribution < 1.29 is 0 Å². The molecule has 0 amide bonds. The number of aromatic nitrogens is 1. The number of aromatic amines is 1. The van der Waals surface area contributed by atoms with Crippen LogP contribution < -0.4 is 5.73 Å². The number of rotatable bonds is 2. The first-order valence-electron chi connectivity index (χ1n) is 4.51. The van der Waals surface area contributed by atoms with Gasteiger partial charge in [-0.1, -0.05) is 6.07 Å². The van der Waals surface area contributed by atoms with Gasteiger partial charge in [0.05, 0.1) is 12.5 Å². The van der Waals surface area contributed by atoms with Crippen LogP contribution in [-0.4, -0.2) is 4.98 Å². The van der Waals surface area contributed by atoms with Crippen molar-refractivity contribution in [3.63, 3.8) is 0 Å². The van der Waals surface area contributed by atoms with E-state index in [4.69, 9.17) is 11.0 Å². The summed E-state index contributed by atoms with van der Waals surface area (Å²) < 4.78 is 0. The molecule has 0 fully saturated rings. The Kier molecular flexibility index (Phi) is 2.21. The lowest BCUT2D eigenvalue weighted by Crippen LogP contribution is -2.08. The minimum atomic E-state index is -0.181. The largest absolute Gasteiger partial charge is 0.361 e. The molecule has 3 heteroatoms. The van der Waals surface area contributed by atoms with Gasteiger partial charge in [-0.25, -0.2) is 0 Å². The molecule has 14 heavy (non-hydrogen) atoms. The molecule has 0 radical (unpaired) electrons. The minimum absolute atomic E-state index is 0.181. The van der Waals surface area contributed by atoms with E-state index in [0.29, 0.717) is 6.42 Å². The quantitative estimate of drug-likeness (QED) is 0.752. The fourth-order valence-corrected chi connectivity index (χ4v) is 1.52. The van der Waals surface area contributed by atoms with Gasteiger partial charge in [-0.2, -0.15) is 5.26 Å². The highest BCUT2D eigenvalue weighted by atomic mass is 14.7. The molecule has 0 unspecified atom stereocenters. The zero-order chi connectivity index (χ0) is 9.97. The molecule has 0 aliphatic rings. The molecule has 0 bridgehead atoms. The summed E-state index contributed by atoms with van der Waals surface area (Å²) in [5, 5.41) is 9.67. The van der Waals surface area contributed by atoms with Crippen molar-refractivity contribution in [1.82, 2.24) is 4.98 Å². The Labute approximate surface area is 82.1 Å². The van der Waals surface area contributed by atoms with E-state index in [2.05, 4.69) is 11.1 Å². The number of H-pyrrole nitrogens is 1. The number of nitrogens with two attached hydrogens (primary N) is 1. The van der Waals surface area contributed by atoms with E-state index in [0.717, 1.165) is 16.5 Å². The first kappa shape index (κ1) is 8.79. The van der Waals surface area contributed by atoms with Gasteiger partial charge in [-0.15, -0.1) is 0 Å². The average molecular weight is 185 g/mol. The van der Waals surface area contributed by atoms with E-state index >= 15 is 0 Å². The maximum absolute atomic E-state index is 8.54. The molecule has 2 rings (SSSR count). The van der Waals surface area contributed by atoms with E-state index in [1.807, 2.05) is 30.5 Å². The highest BCUT2D eigenvalue weighted by Crippen LogP contribution is 2.19. The summed E-state index contributed by atoms with van der Waals surface area (Å²) in [6.07, 6.45) is 2.25. The summed E-state index contributed by atoms with van der Waals surface area (Å²) in [5.74, 6) is 0. The van der Waals surface area contributed by atoms with Crippen LogP contribution >= 0.6 is 0 Å². The molecule has 3 N–H and O–H groups in total. The van der Waals surface area contributed by atoms with E-state index in [-0.39, 0.29) is 6.04 Å². The van der Waals surface area contributed by atoms with Gasteiger partial charge in [0.1, 0.15) is 0 Å². The van der Waals surface area contributed by atoms with Gasteiger partial charge in [0.15, 0.2) is 0 Å². The SMILES string of the molecule is N#CC[C@H](N)c1ccc2[nH]ccc2c1. The van der Waals surface area contributed by atoms with Crippen LogP contribution in [0.25, 0.3) is 10.9 Å². The first-order valence-corrected chi connectivity index (χ1v) is 4.51. The third-order valence-corrected chi connectivity index (χ3v) is 2.32. The van der Waals surface area contributed by atoms with E-state index < -0.39 is 0 Å². The predicted molar refractivity (Wildman–Crippen MR) is 55.5 cm³/mol. The lowest BCUT2D eigenvalue weighted by Gasteiger charge is -2.07. The normalized spacial score (nSPS) is 12.6. The molecule has 1 heterocycles. The molecule has 0 spiro atoms. The molecular formula is C11H11N3. The van der Waals surface area contributed by atoms with Gasteiger partial charge in [0.25, 0.3) is 0 Å². The van der Waals surface area contributed by atoms with Gasteiger partial charge < -0.3 is 10.7 Å². The molecule has 0 aliphatic carbocycles. The third-order valence-electron chi connectivity index (χ3n) is 2.32. The molecule has 2 aromatic rings. The maximum Gasteiger partial charge on any atom is 0.0641 e. The average Bonchev–Trinajstić information content (AvgIpc) is 2.64. The number of nitriles is 1. The second-order valence-electron chi connectivity index (χ2n) is 3.29. The van der Waals surface area contributed by atoms with Crippen LogP contribution in [0.1, 0.15) is 18.0 Å². The summed E-state index contributed by atoms with van der Waals surface area (Å²) in [4.78, 5) is 3.11. The number of nitrogens with one attached hydrogen (secondary N) is 1. The van der Waals surface area contributed by atoms with E-state index in [1.54, 1.807) is 0 Å². The highest BCUT2D eigenvalue weighted by Gasteiger charge is 2.05. The zero-order valence-corrected chi connectivity index (χ0v) is 7.70. The van der Waals surface area contributed by atoms with Crippen LogP contribution in [0.4, 0.5) is 0 Å². The molecule has 70 valence electrons. The van der Waals surface area contributed by atoms with Crippen LogP contribution in [0, 0.1) is 11.3 Å². The Morgan fingerprint density at radius 1 is 1.43 bits per heavy atom. The lowest BCUT2D eigenvalue weighted by atomic mass is 10.0. The fraction of sp³-hybridized carbons (Fsp3) is 0.182. The number of nitrogens with zero attached hydrogens (tertiary/aromatic N) is 1. The summed E-state index contributed by atoms with van der Waals surface area (Å²) in [6, 6.07) is 9.86. The van der Waals surface area contributed by atoms with Crippen molar-refractivity contribution >= 4 is 10.9 Å². The van der Waals surface area contributed by atoms with E-state index in [9.17, 15) is 0 Å². The maximum atomic E-state index is 8.54. The molecule has 1 aromatic heterocycles. The number of benzene rings is 1. The van der Waals surface area contributed by atoms with Gasteiger partial charge in [0, 0.05) is 17.8 Å². The second kappa shape index (κ2) is 3.52. The van der Waals surface area contributed by atoms with Crippen molar-refractivity contribution in [3.8, 4) is 6.07 Å². The Balaban J connectivity index is 2.39. The molecule has 1 aromatic carbocycles. The molecule has 1 atom stereocenters. The monoisotopic (exact) mass is 185 g/mol. The Morgan fingerprint density at radius 3 is 3.07 bits per heavy atom. The molecule has 3 nitrogen and oxygen atoms in total. The fourth-order valence-electron chi connectivity index (χ4n) is 1.52. The third kappa shape index (κ3) is 1.48. The predicted octanol–water partition coefficient (Wildman–Crippen LogP) is 2.08. The van der Waals surface area contributed by atoms with Crippen molar-refractivity contribution in [2.75, 3.05) is 0 Å². The molecule has 0 saturated heterocycles. The van der Waals surface area contributed by atoms with Gasteiger partial charge in [-0.05, 0) is 29.1 Å². The zero-order valence-electron chi connectivity index (χ0n) is 7.70. The lowest BCUT2D eigenvalue weighted by molar-refractivity contribution is 0.750. The topological polar surface area (TPSA) is 65.6 Å². The summed E-state index contributed by atoms with van der Waals surface area (Å²) in [7, 11) is 0. The molecule has 0 aliphatic heterocycles. The smallest absolute Gasteiger partial charge is 0.0641 e. The minimum Gasteiger partial charge on any atom is -0.361 e. The van der Waals surface area contributed by atoms with Crippen molar-refractivity contribution in [2.45, 2.75) is 12.5 Å². The van der Waals surface area contributed by atoms with Crippen LogP contribution in [0.3, 0.4) is 0 Å². The highest BCUT2D eigenvalue weighted by molar-refractivity contribution is 5.80. The van der Waals surface area contributed by atoms with Gasteiger partial charge in [-0.3, -0.25) is 0 Å². The van der Waals surface area contributed by atoms with Gasteiger partial charge in [0.2, 0.25) is 0 Å². The summed E-state index contributed by atoms with van der Waals surface area (Å²) >= 11 is 0. The first-order chi connectivity index (χ1) is 6.81. The Morgan fingerprint density at radius 2 is 2.29 bits per heavy atom. The van der Waals surface area contributed by atoms with Crippen molar-refractivity contribution in [3.05, 3.63) is 36.0 Å². The Bertz CT molecular complexity index is 478.